The van der Waals surface area contributed by atoms with Gasteiger partial charge in [-0.2, -0.15) is 0 Å². The van der Waals surface area contributed by atoms with Crippen molar-refractivity contribution in [3.8, 4) is 11.5 Å². The standard InChI is InChI=1S/C20H19BrFNO2S.ClH/c1-24-19-10-14(11-23-12-16-6-4-8-26-16)9-17(21)20(19)25-13-15-5-2-3-7-18(15)22;/h2-10,23H,11-13H2,1H3;1H. The Bertz CT molecular complexity index is 861. The molecule has 27 heavy (non-hydrogen) atoms. The molecule has 0 atom stereocenters. The van der Waals surface area contributed by atoms with E-state index in [9.17, 15) is 4.39 Å². The normalized spacial score (nSPS) is 10.3. The second-order valence-electron chi connectivity index (χ2n) is 5.67. The minimum absolute atomic E-state index is 0. The Morgan fingerprint density at radius 3 is 2.63 bits per heavy atom. The topological polar surface area (TPSA) is 30.5 Å². The van der Waals surface area contributed by atoms with Gasteiger partial charge in [0.1, 0.15) is 12.4 Å². The fourth-order valence-corrected chi connectivity index (χ4v) is 3.80. The van der Waals surface area contributed by atoms with E-state index in [2.05, 4.69) is 32.7 Å². The first-order chi connectivity index (χ1) is 12.7. The molecule has 0 fully saturated rings. The number of ether oxygens (including phenoxy) is 2. The molecule has 1 aromatic heterocycles. The quantitative estimate of drug-likeness (QED) is 0.439. The van der Waals surface area contributed by atoms with Crippen LogP contribution in [0.5, 0.6) is 11.5 Å². The van der Waals surface area contributed by atoms with Gasteiger partial charge >= 0.3 is 0 Å². The molecule has 7 heteroatoms. The minimum Gasteiger partial charge on any atom is -0.493 e. The molecule has 1 heterocycles. The highest BCUT2D eigenvalue weighted by Gasteiger charge is 2.13. The van der Waals surface area contributed by atoms with Gasteiger partial charge in [0.05, 0.1) is 11.6 Å². The molecule has 0 saturated carbocycles. The number of methoxy groups -OCH3 is 1. The van der Waals surface area contributed by atoms with Crippen LogP contribution in [0.15, 0.2) is 58.4 Å². The second-order valence-corrected chi connectivity index (χ2v) is 7.56. The van der Waals surface area contributed by atoms with Gasteiger partial charge in [-0.3, -0.25) is 0 Å². The highest BCUT2D eigenvalue weighted by molar-refractivity contribution is 9.10. The monoisotopic (exact) mass is 471 g/mol. The van der Waals surface area contributed by atoms with Gasteiger partial charge in [0.25, 0.3) is 0 Å². The van der Waals surface area contributed by atoms with E-state index >= 15 is 0 Å². The highest BCUT2D eigenvalue weighted by Crippen LogP contribution is 2.37. The zero-order chi connectivity index (χ0) is 18.4. The van der Waals surface area contributed by atoms with Crippen molar-refractivity contribution in [3.05, 3.63) is 80.2 Å². The lowest BCUT2D eigenvalue weighted by molar-refractivity contribution is 0.277. The summed E-state index contributed by atoms with van der Waals surface area (Å²) in [5.41, 5.74) is 1.58. The van der Waals surface area contributed by atoms with Gasteiger partial charge in [-0.25, -0.2) is 4.39 Å². The number of rotatable bonds is 8. The predicted octanol–water partition coefficient (Wildman–Crippen LogP) is 5.95. The summed E-state index contributed by atoms with van der Waals surface area (Å²) < 4.78 is 25.8. The van der Waals surface area contributed by atoms with Crippen LogP contribution in [0.3, 0.4) is 0 Å². The van der Waals surface area contributed by atoms with E-state index in [0.29, 0.717) is 23.6 Å². The van der Waals surface area contributed by atoms with Gasteiger partial charge < -0.3 is 14.8 Å². The average molecular weight is 473 g/mol. The van der Waals surface area contributed by atoms with Crippen LogP contribution >= 0.6 is 39.7 Å². The van der Waals surface area contributed by atoms with E-state index < -0.39 is 0 Å². The summed E-state index contributed by atoms with van der Waals surface area (Å²) in [4.78, 5) is 1.29. The van der Waals surface area contributed by atoms with Crippen molar-refractivity contribution in [2.75, 3.05) is 7.11 Å². The molecule has 3 aromatic rings. The Morgan fingerprint density at radius 2 is 1.93 bits per heavy atom. The maximum atomic E-state index is 13.8. The fraction of sp³-hybridized carbons (Fsp3) is 0.200. The van der Waals surface area contributed by atoms with Crippen LogP contribution in [0.1, 0.15) is 16.0 Å². The molecule has 0 saturated heterocycles. The van der Waals surface area contributed by atoms with Crippen LogP contribution in [-0.2, 0) is 19.7 Å². The van der Waals surface area contributed by atoms with Gasteiger partial charge in [0.15, 0.2) is 11.5 Å². The van der Waals surface area contributed by atoms with Crippen molar-refractivity contribution in [1.29, 1.82) is 0 Å². The Kier molecular flexibility index (Phi) is 8.57. The number of hydrogen-bond donors (Lipinski definition) is 1. The zero-order valence-electron chi connectivity index (χ0n) is 14.7. The van der Waals surface area contributed by atoms with Crippen LogP contribution < -0.4 is 14.8 Å². The molecular formula is C20H20BrClFNO2S. The van der Waals surface area contributed by atoms with E-state index in [1.54, 1.807) is 36.6 Å². The Hall–Kier alpha value is -1.60. The highest BCUT2D eigenvalue weighted by atomic mass is 79.9. The Labute approximate surface area is 177 Å². The lowest BCUT2D eigenvalue weighted by Crippen LogP contribution is -2.12. The molecule has 0 amide bonds. The maximum Gasteiger partial charge on any atom is 0.175 e. The third-order valence-corrected chi connectivity index (χ3v) is 5.29. The van der Waals surface area contributed by atoms with Gasteiger partial charge in [0.2, 0.25) is 0 Å². The number of thiophene rings is 1. The maximum absolute atomic E-state index is 13.8. The van der Waals surface area contributed by atoms with Crippen molar-refractivity contribution >= 4 is 39.7 Å². The van der Waals surface area contributed by atoms with E-state index in [0.717, 1.165) is 16.6 Å². The first kappa shape index (κ1) is 21.7. The van der Waals surface area contributed by atoms with Crippen molar-refractivity contribution < 1.29 is 13.9 Å². The SMILES string of the molecule is COc1cc(CNCc2cccs2)cc(Br)c1OCc1ccccc1F.Cl. The molecule has 3 nitrogen and oxygen atoms in total. The van der Waals surface area contributed by atoms with Gasteiger partial charge in [-0.1, -0.05) is 24.3 Å². The summed E-state index contributed by atoms with van der Waals surface area (Å²) in [6.45, 7) is 1.67. The lowest BCUT2D eigenvalue weighted by atomic mass is 10.2. The van der Waals surface area contributed by atoms with Crippen LogP contribution in [0.2, 0.25) is 0 Å². The molecule has 1 N–H and O–H groups in total. The molecule has 144 valence electrons. The van der Waals surface area contributed by atoms with Crippen molar-refractivity contribution in [2.24, 2.45) is 0 Å². The van der Waals surface area contributed by atoms with Gasteiger partial charge in [-0.05, 0) is 51.1 Å². The van der Waals surface area contributed by atoms with Crippen LogP contribution in [0.25, 0.3) is 0 Å². The molecule has 0 unspecified atom stereocenters. The summed E-state index contributed by atoms with van der Waals surface area (Å²) in [5, 5.41) is 5.48. The molecule has 2 aromatic carbocycles. The van der Waals surface area contributed by atoms with Gasteiger partial charge in [0, 0.05) is 23.5 Å². The van der Waals surface area contributed by atoms with E-state index in [1.165, 1.54) is 10.9 Å². The summed E-state index contributed by atoms with van der Waals surface area (Å²) in [6, 6.07) is 14.6. The summed E-state index contributed by atoms with van der Waals surface area (Å²) in [7, 11) is 1.60. The molecule has 0 bridgehead atoms. The first-order valence-corrected chi connectivity index (χ1v) is 9.80. The second kappa shape index (κ2) is 10.7. The molecule has 0 aliphatic carbocycles. The Morgan fingerprint density at radius 1 is 1.11 bits per heavy atom. The predicted molar refractivity (Wildman–Crippen MR) is 114 cm³/mol. The van der Waals surface area contributed by atoms with Gasteiger partial charge in [-0.15, -0.1) is 23.7 Å². The van der Waals surface area contributed by atoms with Crippen molar-refractivity contribution in [1.82, 2.24) is 5.32 Å². The van der Waals surface area contributed by atoms with Crippen molar-refractivity contribution in [3.63, 3.8) is 0 Å². The smallest absolute Gasteiger partial charge is 0.175 e. The molecule has 3 rings (SSSR count). The largest absolute Gasteiger partial charge is 0.493 e. The van der Waals surface area contributed by atoms with Crippen LogP contribution in [0, 0.1) is 5.82 Å². The zero-order valence-corrected chi connectivity index (χ0v) is 17.9. The third-order valence-electron chi connectivity index (χ3n) is 3.83. The van der Waals surface area contributed by atoms with Crippen LogP contribution in [0.4, 0.5) is 4.39 Å². The molecule has 0 aliphatic rings. The minimum atomic E-state index is -0.281. The summed E-state index contributed by atoms with van der Waals surface area (Å²) in [6.07, 6.45) is 0. The lowest BCUT2D eigenvalue weighted by Gasteiger charge is -2.15. The average Bonchev–Trinajstić information content (AvgIpc) is 3.15. The Balaban J connectivity index is 0.00000261. The van der Waals surface area contributed by atoms with Crippen molar-refractivity contribution in [2.45, 2.75) is 19.7 Å². The molecule has 0 radical (unpaired) electrons. The number of hydrogen-bond acceptors (Lipinski definition) is 4. The van der Waals surface area contributed by atoms with E-state index in [4.69, 9.17) is 9.47 Å². The summed E-state index contributed by atoms with van der Waals surface area (Å²) >= 11 is 5.27. The number of nitrogens with one attached hydrogen (secondary N) is 1. The summed E-state index contributed by atoms with van der Waals surface area (Å²) in [5.74, 6) is 0.901. The van der Waals surface area contributed by atoms with Crippen LogP contribution in [-0.4, -0.2) is 7.11 Å². The van der Waals surface area contributed by atoms with E-state index in [1.807, 2.05) is 18.2 Å². The molecular weight excluding hydrogens is 453 g/mol. The molecule has 0 spiro atoms. The number of benzene rings is 2. The third kappa shape index (κ3) is 5.94. The first-order valence-electron chi connectivity index (χ1n) is 8.13. The van der Waals surface area contributed by atoms with E-state index in [-0.39, 0.29) is 24.8 Å². The fourth-order valence-electron chi connectivity index (χ4n) is 2.52. The molecule has 0 aliphatic heterocycles. The number of halogens is 3.